The SMILES string of the molecule is CC[C@@H]1CC2C(CCC3(C)C(CCC(C(=O)OC)C(=O)OC)CCC23)C2(C)CCC(=O)C=C12. The molecule has 3 fully saturated rings. The van der Waals surface area contributed by atoms with E-state index >= 15 is 0 Å². The van der Waals surface area contributed by atoms with Crippen LogP contribution < -0.4 is 0 Å². The van der Waals surface area contributed by atoms with Gasteiger partial charge in [-0.1, -0.05) is 26.3 Å². The van der Waals surface area contributed by atoms with Gasteiger partial charge in [-0.2, -0.15) is 0 Å². The highest BCUT2D eigenvalue weighted by Gasteiger charge is 2.60. The molecule has 0 bridgehead atoms. The molecular formula is C28H42O5. The lowest BCUT2D eigenvalue weighted by atomic mass is 9.45. The summed E-state index contributed by atoms with van der Waals surface area (Å²) in [6.45, 7) is 7.22. The fourth-order valence-electron chi connectivity index (χ4n) is 8.74. The van der Waals surface area contributed by atoms with Crippen LogP contribution >= 0.6 is 0 Å². The van der Waals surface area contributed by atoms with Gasteiger partial charge in [0.05, 0.1) is 14.2 Å². The van der Waals surface area contributed by atoms with Crippen molar-refractivity contribution in [3.63, 3.8) is 0 Å². The number of esters is 2. The maximum Gasteiger partial charge on any atom is 0.320 e. The van der Waals surface area contributed by atoms with E-state index in [1.165, 1.54) is 51.9 Å². The van der Waals surface area contributed by atoms with E-state index in [1.54, 1.807) is 0 Å². The number of hydrogen-bond acceptors (Lipinski definition) is 5. The molecule has 4 aliphatic rings. The molecule has 0 aliphatic heterocycles. The Labute approximate surface area is 199 Å². The van der Waals surface area contributed by atoms with Gasteiger partial charge in [-0.05, 0) is 104 Å². The topological polar surface area (TPSA) is 69.7 Å². The van der Waals surface area contributed by atoms with E-state index in [2.05, 4.69) is 20.8 Å². The van der Waals surface area contributed by atoms with Crippen LogP contribution in [0.15, 0.2) is 11.6 Å². The zero-order valence-corrected chi connectivity index (χ0v) is 21.2. The van der Waals surface area contributed by atoms with E-state index in [1.807, 2.05) is 6.08 Å². The van der Waals surface area contributed by atoms with Crippen LogP contribution in [0.2, 0.25) is 0 Å². The van der Waals surface area contributed by atoms with Gasteiger partial charge in [0.2, 0.25) is 0 Å². The second-order valence-electron chi connectivity index (χ2n) is 11.7. The van der Waals surface area contributed by atoms with Crippen LogP contribution in [0.3, 0.4) is 0 Å². The minimum atomic E-state index is -0.815. The summed E-state index contributed by atoms with van der Waals surface area (Å²) in [5, 5.41) is 0. The van der Waals surface area contributed by atoms with Gasteiger partial charge >= 0.3 is 11.9 Å². The summed E-state index contributed by atoms with van der Waals surface area (Å²) in [4.78, 5) is 36.6. The zero-order valence-electron chi connectivity index (χ0n) is 21.2. The van der Waals surface area contributed by atoms with Crippen molar-refractivity contribution in [1.29, 1.82) is 0 Å². The maximum atomic E-state index is 12.3. The summed E-state index contributed by atoms with van der Waals surface area (Å²) in [6.07, 6.45) is 12.3. The molecule has 33 heavy (non-hydrogen) atoms. The second kappa shape index (κ2) is 9.19. The number of hydrogen-bond donors (Lipinski definition) is 0. The highest BCUT2D eigenvalue weighted by atomic mass is 16.5. The van der Waals surface area contributed by atoms with Crippen molar-refractivity contribution < 1.29 is 23.9 Å². The molecule has 0 aromatic heterocycles. The van der Waals surface area contributed by atoms with Gasteiger partial charge in [0.15, 0.2) is 11.7 Å². The lowest BCUT2D eigenvalue weighted by Crippen LogP contribution is -2.52. The Balaban J connectivity index is 1.53. The summed E-state index contributed by atoms with van der Waals surface area (Å²) >= 11 is 0. The van der Waals surface area contributed by atoms with Crippen LogP contribution in [-0.4, -0.2) is 31.9 Å². The molecular weight excluding hydrogens is 416 g/mol. The monoisotopic (exact) mass is 458 g/mol. The number of methoxy groups -OCH3 is 2. The van der Waals surface area contributed by atoms with Crippen LogP contribution in [0.5, 0.6) is 0 Å². The Morgan fingerprint density at radius 3 is 2.39 bits per heavy atom. The van der Waals surface area contributed by atoms with E-state index < -0.39 is 17.9 Å². The Morgan fingerprint density at radius 1 is 1.06 bits per heavy atom. The lowest BCUT2D eigenvalue weighted by molar-refractivity contribution is -0.159. The number of ketones is 1. The third kappa shape index (κ3) is 3.97. The van der Waals surface area contributed by atoms with Gasteiger partial charge in [0.1, 0.15) is 0 Å². The third-order valence-corrected chi connectivity index (χ3v) is 10.6. The smallest absolute Gasteiger partial charge is 0.320 e. The van der Waals surface area contributed by atoms with E-state index in [4.69, 9.17) is 9.47 Å². The minimum absolute atomic E-state index is 0.178. The van der Waals surface area contributed by atoms with Gasteiger partial charge in [0.25, 0.3) is 0 Å². The highest BCUT2D eigenvalue weighted by Crippen LogP contribution is 2.68. The fourth-order valence-corrected chi connectivity index (χ4v) is 8.74. The summed E-state index contributed by atoms with van der Waals surface area (Å²) in [5.41, 5.74) is 1.90. The lowest BCUT2D eigenvalue weighted by Gasteiger charge is -2.60. The Hall–Kier alpha value is -1.65. The molecule has 0 spiro atoms. The van der Waals surface area contributed by atoms with Crippen molar-refractivity contribution in [2.45, 2.75) is 85.0 Å². The summed E-state index contributed by atoms with van der Waals surface area (Å²) in [6, 6.07) is 0. The van der Waals surface area contributed by atoms with Gasteiger partial charge in [0, 0.05) is 6.42 Å². The summed E-state index contributed by atoms with van der Waals surface area (Å²) < 4.78 is 9.75. The Kier molecular flexibility index (Phi) is 6.81. The van der Waals surface area contributed by atoms with E-state index in [0.717, 1.165) is 19.3 Å². The highest BCUT2D eigenvalue weighted by molar-refractivity contribution is 5.94. The third-order valence-electron chi connectivity index (χ3n) is 10.6. The zero-order chi connectivity index (χ0) is 24.0. The van der Waals surface area contributed by atoms with Crippen molar-refractivity contribution in [2.24, 2.45) is 46.3 Å². The fraction of sp³-hybridized carbons (Fsp3) is 0.821. The number of rotatable bonds is 6. The van der Waals surface area contributed by atoms with Crippen molar-refractivity contribution in [2.75, 3.05) is 14.2 Å². The van der Waals surface area contributed by atoms with Gasteiger partial charge < -0.3 is 9.47 Å². The molecule has 0 N–H and O–H groups in total. The Morgan fingerprint density at radius 2 is 1.76 bits per heavy atom. The molecule has 0 heterocycles. The van der Waals surface area contributed by atoms with Crippen LogP contribution in [0.25, 0.3) is 0 Å². The standard InChI is InChI=1S/C28H42O5/c1-6-17-15-21-22-10-8-18(7-9-20(25(30)32-4)26(31)33-5)27(22,2)14-12-23(21)28(3)13-11-19(29)16-24(17)28/h16-18,20-23H,6-15H2,1-5H3/t17-,18?,21?,22?,23?,27?,28?/m1/s1. The van der Waals surface area contributed by atoms with Gasteiger partial charge in [-0.15, -0.1) is 0 Å². The molecule has 4 rings (SSSR count). The van der Waals surface area contributed by atoms with Crippen LogP contribution in [0.1, 0.15) is 85.0 Å². The molecule has 0 saturated heterocycles. The second-order valence-corrected chi connectivity index (χ2v) is 11.7. The molecule has 0 aromatic rings. The molecule has 4 aliphatic carbocycles. The predicted molar refractivity (Wildman–Crippen MR) is 126 cm³/mol. The number of allylic oxidation sites excluding steroid dienone is 1. The molecule has 5 nitrogen and oxygen atoms in total. The van der Waals surface area contributed by atoms with Crippen molar-refractivity contribution in [3.8, 4) is 0 Å². The average Bonchev–Trinajstić information content (AvgIpc) is 3.15. The first-order valence-electron chi connectivity index (χ1n) is 13.1. The summed E-state index contributed by atoms with van der Waals surface area (Å²) in [5.74, 6) is 1.69. The molecule has 5 heteroatoms. The summed E-state index contributed by atoms with van der Waals surface area (Å²) in [7, 11) is 2.67. The molecule has 3 saturated carbocycles. The molecule has 184 valence electrons. The Bertz CT molecular complexity index is 814. The maximum absolute atomic E-state index is 12.3. The van der Waals surface area contributed by atoms with Crippen molar-refractivity contribution in [1.82, 2.24) is 0 Å². The van der Waals surface area contributed by atoms with Crippen molar-refractivity contribution >= 4 is 17.7 Å². The first-order chi connectivity index (χ1) is 15.7. The number of carbonyl (C=O) groups is 3. The van der Waals surface area contributed by atoms with Crippen LogP contribution in [-0.2, 0) is 23.9 Å². The minimum Gasteiger partial charge on any atom is -0.468 e. The van der Waals surface area contributed by atoms with Crippen molar-refractivity contribution in [3.05, 3.63) is 11.6 Å². The van der Waals surface area contributed by atoms with E-state index in [-0.39, 0.29) is 10.8 Å². The molecule has 6 unspecified atom stereocenters. The van der Waals surface area contributed by atoms with Gasteiger partial charge in [-0.25, -0.2) is 0 Å². The molecule has 0 radical (unpaired) electrons. The first kappa shape index (κ1) is 24.5. The van der Waals surface area contributed by atoms with E-state index in [0.29, 0.717) is 48.2 Å². The number of carbonyl (C=O) groups excluding carboxylic acids is 3. The van der Waals surface area contributed by atoms with Crippen LogP contribution in [0, 0.1) is 46.3 Å². The molecule has 7 atom stereocenters. The van der Waals surface area contributed by atoms with Gasteiger partial charge in [-0.3, -0.25) is 14.4 Å². The molecule has 0 aromatic carbocycles. The van der Waals surface area contributed by atoms with Crippen LogP contribution in [0.4, 0.5) is 0 Å². The largest absolute Gasteiger partial charge is 0.468 e. The molecule has 0 amide bonds. The predicted octanol–water partition coefficient (Wildman–Crippen LogP) is 5.51. The average molecular weight is 459 g/mol. The number of fused-ring (bicyclic) bond motifs is 5. The quantitative estimate of drug-likeness (QED) is 0.388. The van der Waals surface area contributed by atoms with E-state index in [9.17, 15) is 14.4 Å². The number of ether oxygens (including phenoxy) is 2. The first-order valence-corrected chi connectivity index (χ1v) is 13.1. The normalized spacial score (nSPS) is 39.9.